The van der Waals surface area contributed by atoms with E-state index in [0.29, 0.717) is 5.69 Å². The first-order chi connectivity index (χ1) is 8.34. The monoisotopic (exact) mass is 270 g/mol. The Morgan fingerprint density at radius 2 is 1.89 bits per heavy atom. The highest BCUT2D eigenvalue weighted by atomic mass is 32.2. The van der Waals surface area contributed by atoms with E-state index in [2.05, 4.69) is 10.0 Å². The van der Waals surface area contributed by atoms with Gasteiger partial charge in [0.2, 0.25) is 15.9 Å². The molecule has 1 aromatic rings. The molecule has 1 amide bonds. The summed E-state index contributed by atoms with van der Waals surface area (Å²) < 4.78 is 24.5. The minimum atomic E-state index is -3.33. The van der Waals surface area contributed by atoms with Crippen molar-refractivity contribution in [3.05, 3.63) is 29.3 Å². The predicted molar refractivity (Wildman–Crippen MR) is 72.0 cm³/mol. The highest BCUT2D eigenvalue weighted by molar-refractivity contribution is 7.89. The molecule has 100 valence electrons. The van der Waals surface area contributed by atoms with E-state index in [-0.39, 0.29) is 18.2 Å². The van der Waals surface area contributed by atoms with Crippen LogP contribution in [0.2, 0.25) is 0 Å². The summed E-state index contributed by atoms with van der Waals surface area (Å²) in [7, 11) is -3.33. The van der Waals surface area contributed by atoms with E-state index in [1.54, 1.807) is 6.07 Å². The molecule has 0 spiro atoms. The number of nitrogens with one attached hydrogen (secondary N) is 2. The van der Waals surface area contributed by atoms with Crippen molar-refractivity contribution >= 4 is 21.6 Å². The number of hydrogen-bond donors (Lipinski definition) is 2. The van der Waals surface area contributed by atoms with Crippen LogP contribution in [-0.2, 0) is 14.8 Å². The van der Waals surface area contributed by atoms with E-state index in [9.17, 15) is 13.2 Å². The largest absolute Gasteiger partial charge is 0.325 e. The number of sulfonamides is 1. The van der Waals surface area contributed by atoms with Crippen molar-refractivity contribution < 1.29 is 13.2 Å². The third kappa shape index (κ3) is 4.46. The van der Waals surface area contributed by atoms with E-state index in [1.807, 2.05) is 26.0 Å². The Bertz CT molecular complexity index is 538. The average molecular weight is 270 g/mol. The Morgan fingerprint density at radius 1 is 1.22 bits per heavy atom. The van der Waals surface area contributed by atoms with Gasteiger partial charge in [-0.05, 0) is 44.0 Å². The quantitative estimate of drug-likeness (QED) is 0.843. The van der Waals surface area contributed by atoms with Crippen LogP contribution in [-0.4, -0.2) is 26.6 Å². The smallest absolute Gasteiger partial charge is 0.239 e. The summed E-state index contributed by atoms with van der Waals surface area (Å²) in [5.74, 6) is -0.417. The molecule has 5 nitrogen and oxygen atoms in total. The van der Waals surface area contributed by atoms with Gasteiger partial charge in [0.15, 0.2) is 0 Å². The van der Waals surface area contributed by atoms with Crippen molar-refractivity contribution in [1.29, 1.82) is 0 Å². The number of carbonyl (C=O) groups is 1. The summed E-state index contributed by atoms with van der Waals surface area (Å²) in [5.41, 5.74) is 2.88. The number of aryl methyl sites for hydroxylation is 2. The second kappa shape index (κ2) is 5.97. The zero-order valence-electron chi connectivity index (χ0n) is 10.8. The fourth-order valence-corrected chi connectivity index (χ4v) is 1.86. The molecule has 0 aliphatic heterocycles. The van der Waals surface area contributed by atoms with Crippen molar-refractivity contribution in [2.45, 2.75) is 20.8 Å². The van der Waals surface area contributed by atoms with Crippen molar-refractivity contribution in [3.63, 3.8) is 0 Å². The topological polar surface area (TPSA) is 75.3 Å². The molecular formula is C12H18N2O3S. The molecule has 0 radical (unpaired) electrons. The molecule has 0 aliphatic carbocycles. The molecule has 0 fully saturated rings. The molecule has 0 heterocycles. The van der Waals surface area contributed by atoms with Crippen LogP contribution >= 0.6 is 0 Å². The Morgan fingerprint density at radius 3 is 2.44 bits per heavy atom. The minimum absolute atomic E-state index is 0.0378. The Labute approximate surface area is 108 Å². The van der Waals surface area contributed by atoms with E-state index in [0.717, 1.165) is 11.1 Å². The zero-order chi connectivity index (χ0) is 13.8. The lowest BCUT2D eigenvalue weighted by Gasteiger charge is -2.08. The van der Waals surface area contributed by atoms with E-state index < -0.39 is 10.0 Å². The molecule has 1 aromatic carbocycles. The SMILES string of the molecule is CCS(=O)(=O)NCC(=O)Nc1ccc(C)c(C)c1. The van der Waals surface area contributed by atoms with E-state index >= 15 is 0 Å². The first kappa shape index (κ1) is 14.7. The molecule has 0 saturated heterocycles. The van der Waals surface area contributed by atoms with Gasteiger partial charge in [0.1, 0.15) is 0 Å². The number of rotatable bonds is 5. The molecule has 0 saturated carbocycles. The molecule has 2 N–H and O–H groups in total. The van der Waals surface area contributed by atoms with Gasteiger partial charge in [-0.15, -0.1) is 0 Å². The highest BCUT2D eigenvalue weighted by Crippen LogP contribution is 2.13. The standard InChI is InChI=1S/C12H18N2O3S/c1-4-18(16,17)13-8-12(15)14-11-6-5-9(2)10(3)7-11/h5-7,13H,4,8H2,1-3H3,(H,14,15). The van der Waals surface area contributed by atoms with Crippen LogP contribution < -0.4 is 10.0 Å². The number of amides is 1. The summed E-state index contributed by atoms with van der Waals surface area (Å²) in [6, 6.07) is 5.54. The van der Waals surface area contributed by atoms with Gasteiger partial charge in [-0.3, -0.25) is 4.79 Å². The summed E-state index contributed by atoms with van der Waals surface area (Å²) in [6.07, 6.45) is 0. The number of benzene rings is 1. The predicted octanol–water partition coefficient (Wildman–Crippen LogP) is 1.18. The maximum absolute atomic E-state index is 11.5. The second-order valence-corrected chi connectivity index (χ2v) is 6.17. The Balaban J connectivity index is 2.57. The maximum Gasteiger partial charge on any atom is 0.239 e. The first-order valence-electron chi connectivity index (χ1n) is 5.68. The van der Waals surface area contributed by atoms with E-state index in [1.165, 1.54) is 6.92 Å². The third-order valence-corrected chi connectivity index (χ3v) is 3.97. The van der Waals surface area contributed by atoms with Crippen LogP contribution in [0.25, 0.3) is 0 Å². The van der Waals surface area contributed by atoms with Gasteiger partial charge >= 0.3 is 0 Å². The van der Waals surface area contributed by atoms with Gasteiger partial charge < -0.3 is 5.32 Å². The highest BCUT2D eigenvalue weighted by Gasteiger charge is 2.09. The maximum atomic E-state index is 11.5. The zero-order valence-corrected chi connectivity index (χ0v) is 11.6. The fourth-order valence-electron chi connectivity index (χ4n) is 1.30. The van der Waals surface area contributed by atoms with Crippen LogP contribution in [0, 0.1) is 13.8 Å². The van der Waals surface area contributed by atoms with Crippen LogP contribution in [0.5, 0.6) is 0 Å². The molecule has 0 aromatic heterocycles. The fraction of sp³-hybridized carbons (Fsp3) is 0.417. The molecular weight excluding hydrogens is 252 g/mol. The molecule has 1 rings (SSSR count). The lowest BCUT2D eigenvalue weighted by Crippen LogP contribution is -2.33. The van der Waals surface area contributed by atoms with Gasteiger partial charge in [0.05, 0.1) is 12.3 Å². The second-order valence-electron chi connectivity index (χ2n) is 4.07. The Hall–Kier alpha value is -1.40. The lowest BCUT2D eigenvalue weighted by atomic mass is 10.1. The summed E-state index contributed by atoms with van der Waals surface area (Å²) in [5, 5.41) is 2.64. The van der Waals surface area contributed by atoms with Crippen LogP contribution in [0.3, 0.4) is 0 Å². The van der Waals surface area contributed by atoms with Crippen LogP contribution in [0.1, 0.15) is 18.1 Å². The molecule has 0 unspecified atom stereocenters. The molecule has 18 heavy (non-hydrogen) atoms. The van der Waals surface area contributed by atoms with E-state index in [4.69, 9.17) is 0 Å². The third-order valence-electron chi connectivity index (χ3n) is 2.62. The Kier molecular flexibility index (Phi) is 4.86. The van der Waals surface area contributed by atoms with Crippen molar-refractivity contribution in [2.75, 3.05) is 17.6 Å². The van der Waals surface area contributed by atoms with Gasteiger partial charge in [-0.2, -0.15) is 0 Å². The summed E-state index contributed by atoms with van der Waals surface area (Å²) >= 11 is 0. The van der Waals surface area contributed by atoms with Gasteiger partial charge in [-0.25, -0.2) is 13.1 Å². The van der Waals surface area contributed by atoms with Gasteiger partial charge in [-0.1, -0.05) is 6.07 Å². The minimum Gasteiger partial charge on any atom is -0.325 e. The molecule has 0 atom stereocenters. The van der Waals surface area contributed by atoms with Gasteiger partial charge in [0, 0.05) is 5.69 Å². The molecule has 0 aliphatic rings. The lowest BCUT2D eigenvalue weighted by molar-refractivity contribution is -0.115. The average Bonchev–Trinajstić information content (AvgIpc) is 2.32. The van der Waals surface area contributed by atoms with Crippen molar-refractivity contribution in [3.8, 4) is 0 Å². The molecule has 6 heteroatoms. The first-order valence-corrected chi connectivity index (χ1v) is 7.33. The normalized spacial score (nSPS) is 11.3. The number of hydrogen-bond acceptors (Lipinski definition) is 3. The van der Waals surface area contributed by atoms with Crippen LogP contribution in [0.4, 0.5) is 5.69 Å². The molecule has 0 bridgehead atoms. The number of anilines is 1. The van der Waals surface area contributed by atoms with Crippen molar-refractivity contribution in [2.24, 2.45) is 0 Å². The summed E-state index contributed by atoms with van der Waals surface area (Å²) in [6.45, 7) is 5.20. The number of carbonyl (C=O) groups excluding carboxylic acids is 1. The van der Waals surface area contributed by atoms with Crippen LogP contribution in [0.15, 0.2) is 18.2 Å². The summed E-state index contributed by atoms with van der Waals surface area (Å²) in [4.78, 5) is 11.5. The van der Waals surface area contributed by atoms with Crippen molar-refractivity contribution in [1.82, 2.24) is 4.72 Å². The van der Waals surface area contributed by atoms with Gasteiger partial charge in [0.25, 0.3) is 0 Å².